The molecule has 39 heavy (non-hydrogen) atoms. The Balaban J connectivity index is 1.49. The summed E-state index contributed by atoms with van der Waals surface area (Å²) in [5.74, 6) is -1.58. The lowest BCUT2D eigenvalue weighted by Crippen LogP contribution is -2.55. The fourth-order valence-electron chi connectivity index (χ4n) is 6.12. The van der Waals surface area contributed by atoms with Gasteiger partial charge in [0.05, 0.1) is 19.1 Å². The van der Waals surface area contributed by atoms with Crippen LogP contribution in [0.4, 0.5) is 4.79 Å². The molecular weight excluding hydrogens is 526 g/mol. The molecule has 1 heterocycles. The molecule has 1 aliphatic heterocycles. The molecule has 2 aliphatic carbocycles. The molecule has 5 N–H and O–H groups in total. The molecule has 3 rings (SSSR count). The summed E-state index contributed by atoms with van der Waals surface area (Å²) in [7, 11) is -3.80. The van der Waals surface area contributed by atoms with E-state index in [-0.39, 0.29) is 37.0 Å². The maximum Gasteiger partial charge on any atom is 0.315 e. The number of amides is 4. The maximum absolute atomic E-state index is 13.3. The second-order valence-corrected chi connectivity index (χ2v) is 13.3. The molecule has 4 unspecified atom stereocenters. The molecule has 3 aliphatic rings. The first kappa shape index (κ1) is 31.1. The summed E-state index contributed by atoms with van der Waals surface area (Å²) in [4.78, 5) is 51.3. The van der Waals surface area contributed by atoms with Gasteiger partial charge in [-0.25, -0.2) is 17.9 Å². The summed E-state index contributed by atoms with van der Waals surface area (Å²) in [6.45, 7) is 2.49. The number of carbonyl (C=O) groups is 4. The molecule has 13 heteroatoms. The number of nitrogens with one attached hydrogen (secondary N) is 4. The van der Waals surface area contributed by atoms with Crippen LogP contribution >= 0.6 is 0 Å². The van der Waals surface area contributed by atoms with Gasteiger partial charge < -0.3 is 26.0 Å². The number of nitrogens with zero attached hydrogens (tertiary/aromatic N) is 1. The summed E-state index contributed by atoms with van der Waals surface area (Å²) < 4.78 is 26.2. The van der Waals surface area contributed by atoms with Gasteiger partial charge in [-0.2, -0.15) is 0 Å². The Bertz CT molecular complexity index is 983. The number of carbonyl (C=O) groups excluding carboxylic acids is 3. The van der Waals surface area contributed by atoms with E-state index in [9.17, 15) is 32.7 Å². The van der Waals surface area contributed by atoms with Crippen molar-refractivity contribution in [3.63, 3.8) is 0 Å². The minimum Gasteiger partial charge on any atom is -0.481 e. The van der Waals surface area contributed by atoms with E-state index in [1.807, 2.05) is 0 Å². The number of sulfonamides is 1. The molecule has 222 valence electrons. The minimum atomic E-state index is -3.80. The molecule has 4 amide bonds. The summed E-state index contributed by atoms with van der Waals surface area (Å²) in [5.41, 5.74) is 0. The van der Waals surface area contributed by atoms with E-state index in [4.69, 9.17) is 0 Å². The first-order valence-corrected chi connectivity index (χ1v) is 16.2. The third-order valence-corrected chi connectivity index (χ3v) is 8.93. The standard InChI is InChI=1S/C26H45N5O7S/c1-17-7-3-4-9-21(17)29-26(36)28-19-12-10-18(11-13-19)27-23(32)16-22(30-39(2,37)38)25(35)31-14-6-5-8-20(31)15-24(33)34/h17-22,30H,3-16H2,1-2H3,(H,27,32)(H,33,34)(H2,28,29,36). The third-order valence-electron chi connectivity index (χ3n) is 8.22. The SMILES string of the molecule is CC1CCCCC1NC(=O)NC1CCC(NC(=O)CC(NS(C)(=O)=O)C(=O)N2CCCCC2CC(=O)O)CC1. The number of likely N-dealkylation sites (tertiary alicyclic amines) is 1. The van der Waals surface area contributed by atoms with Crippen molar-refractivity contribution in [2.75, 3.05) is 12.8 Å². The Hall–Kier alpha value is -2.41. The summed E-state index contributed by atoms with van der Waals surface area (Å²) in [6.07, 6.45) is 9.50. The first-order valence-electron chi connectivity index (χ1n) is 14.3. The molecule has 4 atom stereocenters. The number of hydrogen-bond donors (Lipinski definition) is 5. The quantitative estimate of drug-likeness (QED) is 0.264. The van der Waals surface area contributed by atoms with Crippen LogP contribution in [0.5, 0.6) is 0 Å². The van der Waals surface area contributed by atoms with Gasteiger partial charge in [-0.15, -0.1) is 0 Å². The fraction of sp³-hybridized carbons (Fsp3) is 0.846. The lowest BCUT2D eigenvalue weighted by atomic mass is 9.86. The molecule has 3 fully saturated rings. The second kappa shape index (κ2) is 14.3. The van der Waals surface area contributed by atoms with Crippen molar-refractivity contribution in [1.29, 1.82) is 0 Å². The molecule has 1 saturated heterocycles. The van der Waals surface area contributed by atoms with Gasteiger partial charge in [-0.05, 0) is 63.7 Å². The zero-order valence-corrected chi connectivity index (χ0v) is 23.9. The lowest BCUT2D eigenvalue weighted by molar-refractivity contribution is -0.143. The van der Waals surface area contributed by atoms with Crippen LogP contribution in [0.3, 0.4) is 0 Å². The van der Waals surface area contributed by atoms with Gasteiger partial charge in [0.2, 0.25) is 21.8 Å². The van der Waals surface area contributed by atoms with Gasteiger partial charge in [0.15, 0.2) is 0 Å². The molecule has 2 saturated carbocycles. The van der Waals surface area contributed by atoms with Crippen LogP contribution in [-0.2, 0) is 24.4 Å². The zero-order chi connectivity index (χ0) is 28.6. The molecule has 0 aromatic heterocycles. The van der Waals surface area contributed by atoms with Crippen LogP contribution in [0.2, 0.25) is 0 Å². The van der Waals surface area contributed by atoms with E-state index >= 15 is 0 Å². The first-order chi connectivity index (χ1) is 18.4. The average molecular weight is 572 g/mol. The smallest absolute Gasteiger partial charge is 0.315 e. The predicted molar refractivity (Wildman–Crippen MR) is 145 cm³/mol. The fourth-order valence-corrected chi connectivity index (χ4v) is 6.82. The van der Waals surface area contributed by atoms with Crippen molar-refractivity contribution < 1.29 is 32.7 Å². The number of aliphatic carboxylic acids is 1. The molecule has 0 aromatic rings. The van der Waals surface area contributed by atoms with Crippen molar-refractivity contribution in [3.8, 4) is 0 Å². The molecule has 0 radical (unpaired) electrons. The van der Waals surface area contributed by atoms with Gasteiger partial charge in [-0.3, -0.25) is 14.4 Å². The highest BCUT2D eigenvalue weighted by Gasteiger charge is 2.35. The Kier molecular flexibility index (Phi) is 11.4. The Labute approximate surface area is 231 Å². The number of carboxylic acid groups (broad SMARTS) is 1. The van der Waals surface area contributed by atoms with Crippen LogP contribution in [0.25, 0.3) is 0 Å². The van der Waals surface area contributed by atoms with Gasteiger partial charge in [0.25, 0.3) is 0 Å². The van der Waals surface area contributed by atoms with E-state index in [1.165, 1.54) is 11.3 Å². The van der Waals surface area contributed by atoms with Crippen molar-refractivity contribution in [2.45, 2.75) is 121 Å². The number of carboxylic acids is 1. The summed E-state index contributed by atoms with van der Waals surface area (Å²) >= 11 is 0. The van der Waals surface area contributed by atoms with Gasteiger partial charge >= 0.3 is 12.0 Å². The molecule has 0 bridgehead atoms. The van der Waals surface area contributed by atoms with Crippen molar-refractivity contribution >= 4 is 33.8 Å². The van der Waals surface area contributed by atoms with Crippen molar-refractivity contribution in [2.24, 2.45) is 5.92 Å². The number of urea groups is 1. The van der Waals surface area contributed by atoms with E-state index in [0.717, 1.165) is 31.9 Å². The number of rotatable bonds is 10. The van der Waals surface area contributed by atoms with Crippen LogP contribution in [-0.4, -0.2) is 85.2 Å². The van der Waals surface area contributed by atoms with Gasteiger partial charge in [0, 0.05) is 30.7 Å². The van der Waals surface area contributed by atoms with Crippen LogP contribution < -0.4 is 20.7 Å². The van der Waals surface area contributed by atoms with E-state index in [2.05, 4.69) is 27.6 Å². The van der Waals surface area contributed by atoms with E-state index < -0.39 is 39.9 Å². The van der Waals surface area contributed by atoms with Crippen LogP contribution in [0.1, 0.15) is 90.4 Å². The maximum atomic E-state index is 13.3. The zero-order valence-electron chi connectivity index (χ0n) is 23.1. The Morgan fingerprint density at radius 2 is 1.49 bits per heavy atom. The molecule has 12 nitrogen and oxygen atoms in total. The molecule has 0 spiro atoms. The van der Waals surface area contributed by atoms with Gasteiger partial charge in [0.1, 0.15) is 6.04 Å². The number of hydrogen-bond acceptors (Lipinski definition) is 6. The van der Waals surface area contributed by atoms with E-state index in [1.54, 1.807) is 0 Å². The monoisotopic (exact) mass is 571 g/mol. The second-order valence-electron chi connectivity index (χ2n) is 11.5. The largest absolute Gasteiger partial charge is 0.481 e. The van der Waals surface area contributed by atoms with Gasteiger partial charge in [-0.1, -0.05) is 19.8 Å². The lowest BCUT2D eigenvalue weighted by Gasteiger charge is -2.37. The highest BCUT2D eigenvalue weighted by atomic mass is 32.2. The van der Waals surface area contributed by atoms with E-state index in [0.29, 0.717) is 51.0 Å². The summed E-state index contributed by atoms with van der Waals surface area (Å²) in [5, 5.41) is 18.3. The van der Waals surface area contributed by atoms with Crippen LogP contribution in [0, 0.1) is 5.92 Å². The highest BCUT2D eigenvalue weighted by molar-refractivity contribution is 7.88. The highest BCUT2D eigenvalue weighted by Crippen LogP contribution is 2.24. The normalized spacial score (nSPS) is 28.7. The van der Waals surface area contributed by atoms with Crippen LogP contribution in [0.15, 0.2) is 0 Å². The topological polar surface area (TPSA) is 174 Å². The Morgan fingerprint density at radius 3 is 2.10 bits per heavy atom. The Morgan fingerprint density at radius 1 is 0.872 bits per heavy atom. The predicted octanol–water partition coefficient (Wildman–Crippen LogP) is 1.46. The summed E-state index contributed by atoms with van der Waals surface area (Å²) in [6, 6.07) is -1.90. The van der Waals surface area contributed by atoms with Crippen molar-refractivity contribution in [1.82, 2.24) is 25.6 Å². The molecule has 0 aromatic carbocycles. The van der Waals surface area contributed by atoms with Crippen molar-refractivity contribution in [3.05, 3.63) is 0 Å². The minimum absolute atomic E-state index is 0.0172. The number of piperidine rings is 1. The molecular formula is C26H45N5O7S. The average Bonchev–Trinajstić information content (AvgIpc) is 2.85. The third kappa shape index (κ3) is 10.3.